The zero-order valence-corrected chi connectivity index (χ0v) is 36.0. The predicted octanol–water partition coefficient (Wildman–Crippen LogP) is -5.52. The SMILES string of the molecule is CO.CO.Cc1cc2c([O-])c(c1)CNCCCNCCCNCc1cc(C)cc(c1[O-])CNCCCNCCCNC2.[Cl-].[Cl-].[Zn+2].[Zn+2]. The number of fused-ring (bicyclic) bond motifs is 4. The van der Waals surface area contributed by atoms with Crippen molar-refractivity contribution < 1.29 is 84.2 Å². The molecule has 0 amide bonds. The van der Waals surface area contributed by atoms with E-state index in [1.165, 1.54) is 0 Å². The van der Waals surface area contributed by atoms with E-state index >= 15 is 0 Å². The molecule has 46 heavy (non-hydrogen) atoms. The molecule has 4 bridgehead atoms. The summed E-state index contributed by atoms with van der Waals surface area (Å²) < 4.78 is 0. The Hall–Kier alpha value is -0.453. The van der Waals surface area contributed by atoms with Gasteiger partial charge in [-0.15, -0.1) is 0 Å². The van der Waals surface area contributed by atoms with Gasteiger partial charge in [-0.25, -0.2) is 0 Å². The van der Waals surface area contributed by atoms with Crippen LogP contribution in [0.4, 0.5) is 0 Å². The first kappa shape index (κ1) is 52.4. The maximum absolute atomic E-state index is 12.9. The first-order valence-corrected chi connectivity index (χ1v) is 15.3. The topological polar surface area (TPSA) is 159 Å². The zero-order valence-electron chi connectivity index (χ0n) is 28.5. The summed E-state index contributed by atoms with van der Waals surface area (Å²) in [7, 11) is 2.00. The second kappa shape index (κ2) is 34.4. The van der Waals surface area contributed by atoms with Crippen molar-refractivity contribution in [2.75, 3.05) is 66.6 Å². The molecule has 0 fully saturated rings. The molecule has 1 heterocycles. The van der Waals surface area contributed by atoms with Crippen LogP contribution in [0.3, 0.4) is 0 Å². The average Bonchev–Trinajstić information content (AvgIpc) is 3.00. The molecule has 0 spiro atoms. The van der Waals surface area contributed by atoms with E-state index in [0.29, 0.717) is 26.2 Å². The Morgan fingerprint density at radius 3 is 0.848 bits per heavy atom. The summed E-state index contributed by atoms with van der Waals surface area (Å²) in [5, 5.41) is 60.5. The molecule has 0 atom stereocenters. The number of hydrogen-bond donors (Lipinski definition) is 8. The Bertz CT molecular complexity index is 856. The molecular formula is C32H56Cl2N6O4Zn2. The summed E-state index contributed by atoms with van der Waals surface area (Å²) in [5.41, 5.74) is 5.68. The molecule has 0 saturated carbocycles. The van der Waals surface area contributed by atoms with Gasteiger partial charge >= 0.3 is 39.0 Å². The zero-order chi connectivity index (χ0) is 31.0. The van der Waals surface area contributed by atoms with E-state index in [2.05, 4.69) is 45.7 Å². The van der Waals surface area contributed by atoms with Crippen LogP contribution in [0, 0.1) is 13.8 Å². The van der Waals surface area contributed by atoms with Crippen LogP contribution in [-0.2, 0) is 65.1 Å². The van der Waals surface area contributed by atoms with Crippen LogP contribution in [0.2, 0.25) is 0 Å². The van der Waals surface area contributed by atoms with Crippen LogP contribution in [0.1, 0.15) is 59.1 Å². The number of rotatable bonds is 0. The van der Waals surface area contributed by atoms with Gasteiger partial charge in [0.2, 0.25) is 0 Å². The third kappa shape index (κ3) is 22.2. The second-order valence-electron chi connectivity index (χ2n) is 10.4. The van der Waals surface area contributed by atoms with Crippen molar-refractivity contribution in [1.82, 2.24) is 31.9 Å². The average molecular weight is 791 g/mol. The van der Waals surface area contributed by atoms with Gasteiger partial charge in [-0.05, 0) is 114 Å². The van der Waals surface area contributed by atoms with Crippen LogP contribution in [0.5, 0.6) is 11.5 Å². The van der Waals surface area contributed by atoms with Crippen molar-refractivity contribution in [3.63, 3.8) is 0 Å². The molecule has 0 unspecified atom stereocenters. The molecule has 10 nitrogen and oxygen atoms in total. The summed E-state index contributed by atoms with van der Waals surface area (Å²) in [6, 6.07) is 8.04. The molecule has 256 valence electrons. The van der Waals surface area contributed by atoms with E-state index in [4.69, 9.17) is 10.2 Å². The molecule has 2 aromatic carbocycles. The van der Waals surface area contributed by atoms with Crippen LogP contribution < -0.4 is 66.9 Å². The molecule has 0 radical (unpaired) electrons. The summed E-state index contributed by atoms with van der Waals surface area (Å²) in [6.45, 7) is 13.8. The van der Waals surface area contributed by atoms with Gasteiger partial charge in [-0.1, -0.05) is 46.9 Å². The summed E-state index contributed by atoms with van der Waals surface area (Å²) in [4.78, 5) is 0. The van der Waals surface area contributed by atoms with Crippen molar-refractivity contribution >= 4 is 0 Å². The molecule has 2 aromatic rings. The van der Waals surface area contributed by atoms with E-state index in [1.807, 2.05) is 24.3 Å². The maximum Gasteiger partial charge on any atom is 2.00 e. The van der Waals surface area contributed by atoms with Crippen molar-refractivity contribution in [3.8, 4) is 11.5 Å². The predicted molar refractivity (Wildman–Crippen MR) is 169 cm³/mol. The minimum absolute atomic E-state index is 0. The Morgan fingerprint density at radius 2 is 0.630 bits per heavy atom. The summed E-state index contributed by atoms with van der Waals surface area (Å²) in [5.74, 6) is 0.316. The number of halogens is 2. The molecule has 0 saturated heterocycles. The first-order chi connectivity index (χ1) is 20.5. The Balaban J connectivity index is -0.00000106. The third-order valence-electron chi connectivity index (χ3n) is 6.86. The first-order valence-electron chi connectivity index (χ1n) is 15.3. The van der Waals surface area contributed by atoms with Crippen molar-refractivity contribution in [3.05, 3.63) is 57.6 Å². The minimum atomic E-state index is 0. The van der Waals surface area contributed by atoms with Gasteiger partial charge in [-0.2, -0.15) is 0 Å². The Kier molecular flexibility index (Phi) is 39.2. The van der Waals surface area contributed by atoms with Gasteiger partial charge in [0.15, 0.2) is 0 Å². The molecule has 0 aromatic heterocycles. The van der Waals surface area contributed by atoms with E-state index in [-0.39, 0.29) is 75.3 Å². The normalized spacial score (nSPS) is 15.8. The fourth-order valence-electron chi connectivity index (χ4n) is 4.88. The van der Waals surface area contributed by atoms with Gasteiger partial charge in [0.25, 0.3) is 0 Å². The van der Waals surface area contributed by atoms with Crippen LogP contribution >= 0.6 is 0 Å². The third-order valence-corrected chi connectivity index (χ3v) is 6.86. The molecule has 1 aliphatic heterocycles. The quantitative estimate of drug-likeness (QED) is 0.121. The molecule has 1 aliphatic rings. The van der Waals surface area contributed by atoms with Gasteiger partial charge in [0.1, 0.15) is 0 Å². The number of nitrogens with one attached hydrogen (secondary N) is 6. The molecule has 8 N–H and O–H groups in total. The number of hydrogen-bond acceptors (Lipinski definition) is 10. The van der Waals surface area contributed by atoms with E-state index in [1.54, 1.807) is 0 Å². The number of benzene rings is 2. The second-order valence-corrected chi connectivity index (χ2v) is 10.4. The standard InChI is InChI=1S/C30H50N6O2.2CH4O.2ClH.2Zn/c1-23-15-25-19-33-11-3-7-31-9-5-13-35-21-27-17-24(2)18-28(30(27)38)22-36-14-6-10-32-8-4-12-34-20-26(16-23)29(25)37;2*1-2;;;;/h15-18,31-38H,3-14,19-22H2,1-2H3;2*2H,1H3;2*1H;;/q;;;;;2*+2/p-4. The van der Waals surface area contributed by atoms with Gasteiger partial charge in [0.05, 0.1) is 0 Å². The molecular weight excluding hydrogens is 734 g/mol. The summed E-state index contributed by atoms with van der Waals surface area (Å²) in [6.07, 6.45) is 4.04. The van der Waals surface area contributed by atoms with Gasteiger partial charge < -0.3 is 77.1 Å². The van der Waals surface area contributed by atoms with E-state index in [0.717, 1.165) is 126 Å². The minimum Gasteiger partial charge on any atom is -1.00 e. The van der Waals surface area contributed by atoms with Crippen LogP contribution in [-0.4, -0.2) is 76.8 Å². The van der Waals surface area contributed by atoms with E-state index < -0.39 is 0 Å². The Labute approximate surface area is 315 Å². The smallest absolute Gasteiger partial charge is 1.00 e. The summed E-state index contributed by atoms with van der Waals surface area (Å²) >= 11 is 0. The Morgan fingerprint density at radius 1 is 0.435 bits per heavy atom. The van der Waals surface area contributed by atoms with Crippen LogP contribution in [0.25, 0.3) is 0 Å². The molecule has 14 heteroatoms. The fraction of sp³-hybridized carbons (Fsp3) is 0.625. The molecule has 3 rings (SSSR count). The van der Waals surface area contributed by atoms with Crippen molar-refractivity contribution in [2.24, 2.45) is 0 Å². The number of aliphatic hydroxyl groups excluding tert-OH is 2. The fourth-order valence-corrected chi connectivity index (χ4v) is 4.88. The monoisotopic (exact) mass is 786 g/mol. The molecule has 0 aliphatic carbocycles. The van der Waals surface area contributed by atoms with Gasteiger partial charge in [-0.3, -0.25) is 0 Å². The van der Waals surface area contributed by atoms with Crippen molar-refractivity contribution in [2.45, 2.75) is 65.7 Å². The van der Waals surface area contributed by atoms with Gasteiger partial charge in [0, 0.05) is 40.4 Å². The maximum atomic E-state index is 12.9. The van der Waals surface area contributed by atoms with E-state index in [9.17, 15) is 10.2 Å². The van der Waals surface area contributed by atoms with Crippen molar-refractivity contribution in [1.29, 1.82) is 0 Å². The largest absolute Gasteiger partial charge is 2.00 e. The number of aryl methyl sites for hydroxylation is 2. The van der Waals surface area contributed by atoms with Crippen LogP contribution in [0.15, 0.2) is 24.3 Å². The number of aliphatic hydroxyl groups is 2.